The van der Waals surface area contributed by atoms with Gasteiger partial charge in [0.05, 0.1) is 10.0 Å². The summed E-state index contributed by atoms with van der Waals surface area (Å²) in [5, 5.41) is 6.35. The van der Waals surface area contributed by atoms with Gasteiger partial charge in [0.15, 0.2) is 0 Å². The van der Waals surface area contributed by atoms with E-state index in [1.807, 2.05) is 13.8 Å². The third kappa shape index (κ3) is 5.62. The molecule has 6 heteroatoms. The van der Waals surface area contributed by atoms with Gasteiger partial charge in [0.1, 0.15) is 0 Å². The zero-order valence-corrected chi connectivity index (χ0v) is 15.4. The van der Waals surface area contributed by atoms with Gasteiger partial charge in [0, 0.05) is 23.4 Å². The van der Waals surface area contributed by atoms with E-state index in [0.29, 0.717) is 26.9 Å². The minimum absolute atomic E-state index is 0.0651. The van der Waals surface area contributed by atoms with E-state index < -0.39 is 0 Å². The highest BCUT2D eigenvalue weighted by molar-refractivity contribution is 6.42. The summed E-state index contributed by atoms with van der Waals surface area (Å²) in [6, 6.07) is 11.9. The number of nitrogens with one attached hydrogen (secondary N) is 2. The van der Waals surface area contributed by atoms with Gasteiger partial charge >= 0.3 is 0 Å². The molecule has 0 atom stereocenters. The predicted molar refractivity (Wildman–Crippen MR) is 103 cm³/mol. The Morgan fingerprint density at radius 1 is 1.04 bits per heavy atom. The predicted octanol–water partition coefficient (Wildman–Crippen LogP) is 4.78. The average Bonchev–Trinajstić information content (AvgIpc) is 2.56. The van der Waals surface area contributed by atoms with Crippen LogP contribution in [0.3, 0.4) is 0 Å². The number of amides is 2. The van der Waals surface area contributed by atoms with Gasteiger partial charge in [-0.05, 0) is 55.8 Å². The molecule has 0 heterocycles. The molecule has 0 aliphatic rings. The summed E-state index contributed by atoms with van der Waals surface area (Å²) in [6.07, 6.45) is 2.96. The Hall–Kier alpha value is -2.30. The number of halogens is 2. The lowest BCUT2D eigenvalue weighted by molar-refractivity contribution is -0.111. The van der Waals surface area contributed by atoms with E-state index in [0.717, 1.165) is 0 Å². The monoisotopic (exact) mass is 376 g/mol. The number of carbonyl (C=O) groups is 2. The first kappa shape index (κ1) is 19.0. The molecule has 0 spiro atoms. The Balaban J connectivity index is 2.00. The Bertz CT molecular complexity index is 800. The molecule has 0 bridgehead atoms. The van der Waals surface area contributed by atoms with Crippen LogP contribution in [0.2, 0.25) is 10.0 Å². The standard InChI is InChI=1S/C19H18Cl2N2O2/c1-12(2)22-19(25)14-6-9-15(10-7-14)23-17(24)11-8-13-4-3-5-16(20)18(13)21/h3-12H,1-2H3,(H,22,25)(H,23,24). The Morgan fingerprint density at radius 2 is 1.72 bits per heavy atom. The second-order valence-corrected chi connectivity index (χ2v) is 6.46. The first-order chi connectivity index (χ1) is 11.9. The van der Waals surface area contributed by atoms with Gasteiger partial charge < -0.3 is 10.6 Å². The number of hydrogen-bond donors (Lipinski definition) is 2. The molecule has 0 aliphatic heterocycles. The second kappa shape index (κ2) is 8.70. The van der Waals surface area contributed by atoms with Crippen LogP contribution in [0.5, 0.6) is 0 Å². The SMILES string of the molecule is CC(C)NC(=O)c1ccc(NC(=O)C=Cc2cccc(Cl)c2Cl)cc1. The molecule has 0 unspecified atom stereocenters. The molecule has 0 radical (unpaired) electrons. The van der Waals surface area contributed by atoms with Crippen molar-refractivity contribution in [2.24, 2.45) is 0 Å². The molecule has 130 valence electrons. The van der Waals surface area contributed by atoms with Crippen LogP contribution in [0.4, 0.5) is 5.69 Å². The van der Waals surface area contributed by atoms with Crippen molar-refractivity contribution in [3.8, 4) is 0 Å². The Morgan fingerprint density at radius 3 is 2.36 bits per heavy atom. The summed E-state index contributed by atoms with van der Waals surface area (Å²) in [6.45, 7) is 3.79. The van der Waals surface area contributed by atoms with Crippen LogP contribution in [0, 0.1) is 0 Å². The van der Waals surface area contributed by atoms with Crippen molar-refractivity contribution in [1.82, 2.24) is 5.32 Å². The van der Waals surface area contributed by atoms with Crippen LogP contribution >= 0.6 is 23.2 Å². The molecule has 2 amide bonds. The van der Waals surface area contributed by atoms with E-state index in [1.54, 1.807) is 48.5 Å². The van der Waals surface area contributed by atoms with Crippen molar-refractivity contribution in [1.29, 1.82) is 0 Å². The van der Waals surface area contributed by atoms with Crippen molar-refractivity contribution in [3.05, 3.63) is 69.7 Å². The maximum Gasteiger partial charge on any atom is 0.251 e. The summed E-state index contributed by atoms with van der Waals surface area (Å²) in [7, 11) is 0. The maximum absolute atomic E-state index is 12.0. The number of carbonyl (C=O) groups excluding carboxylic acids is 2. The van der Waals surface area contributed by atoms with Crippen molar-refractivity contribution >= 4 is 46.8 Å². The smallest absolute Gasteiger partial charge is 0.251 e. The maximum atomic E-state index is 12.0. The highest BCUT2D eigenvalue weighted by atomic mass is 35.5. The van der Waals surface area contributed by atoms with E-state index in [9.17, 15) is 9.59 Å². The van der Waals surface area contributed by atoms with E-state index in [4.69, 9.17) is 23.2 Å². The fourth-order valence-electron chi connectivity index (χ4n) is 2.05. The van der Waals surface area contributed by atoms with Gasteiger partial charge in [-0.1, -0.05) is 35.3 Å². The van der Waals surface area contributed by atoms with E-state index in [2.05, 4.69) is 10.6 Å². The molecule has 0 saturated heterocycles. The molecule has 2 N–H and O–H groups in total. The van der Waals surface area contributed by atoms with Crippen molar-refractivity contribution in [2.75, 3.05) is 5.32 Å². The average molecular weight is 377 g/mol. The van der Waals surface area contributed by atoms with Crippen molar-refractivity contribution in [2.45, 2.75) is 19.9 Å². The van der Waals surface area contributed by atoms with Gasteiger partial charge in [-0.3, -0.25) is 9.59 Å². The van der Waals surface area contributed by atoms with Crippen LogP contribution in [0.15, 0.2) is 48.5 Å². The first-order valence-corrected chi connectivity index (χ1v) is 8.46. The highest BCUT2D eigenvalue weighted by Gasteiger charge is 2.07. The van der Waals surface area contributed by atoms with Gasteiger partial charge in [0.25, 0.3) is 5.91 Å². The summed E-state index contributed by atoms with van der Waals surface area (Å²) in [4.78, 5) is 23.9. The molecule has 0 aliphatic carbocycles. The van der Waals surface area contributed by atoms with Gasteiger partial charge in [-0.15, -0.1) is 0 Å². The quantitative estimate of drug-likeness (QED) is 0.737. The minimum atomic E-state index is -0.310. The fraction of sp³-hybridized carbons (Fsp3) is 0.158. The fourth-order valence-corrected chi connectivity index (χ4v) is 2.42. The topological polar surface area (TPSA) is 58.2 Å². The van der Waals surface area contributed by atoms with Crippen LogP contribution in [-0.2, 0) is 4.79 Å². The summed E-state index contributed by atoms with van der Waals surface area (Å²) >= 11 is 12.0. The van der Waals surface area contributed by atoms with Crippen LogP contribution in [0.25, 0.3) is 6.08 Å². The van der Waals surface area contributed by atoms with E-state index in [1.165, 1.54) is 6.08 Å². The number of anilines is 1. The Kier molecular flexibility index (Phi) is 6.62. The van der Waals surface area contributed by atoms with E-state index >= 15 is 0 Å². The molecule has 0 aromatic heterocycles. The van der Waals surface area contributed by atoms with Crippen LogP contribution in [0.1, 0.15) is 29.8 Å². The largest absolute Gasteiger partial charge is 0.350 e. The number of benzene rings is 2. The van der Waals surface area contributed by atoms with Crippen LogP contribution in [-0.4, -0.2) is 17.9 Å². The summed E-state index contributed by atoms with van der Waals surface area (Å²) in [5.74, 6) is -0.459. The minimum Gasteiger partial charge on any atom is -0.350 e. The zero-order chi connectivity index (χ0) is 18.4. The first-order valence-electron chi connectivity index (χ1n) is 7.71. The molecule has 25 heavy (non-hydrogen) atoms. The molecular weight excluding hydrogens is 359 g/mol. The molecule has 2 aromatic carbocycles. The Labute approximate surface area is 156 Å². The number of hydrogen-bond acceptors (Lipinski definition) is 2. The zero-order valence-electron chi connectivity index (χ0n) is 13.8. The lowest BCUT2D eigenvalue weighted by Gasteiger charge is -2.09. The molecule has 0 saturated carbocycles. The summed E-state index contributed by atoms with van der Waals surface area (Å²) < 4.78 is 0. The normalized spacial score (nSPS) is 10.9. The molecule has 0 fully saturated rings. The lowest BCUT2D eigenvalue weighted by atomic mass is 10.2. The van der Waals surface area contributed by atoms with Crippen molar-refractivity contribution in [3.63, 3.8) is 0 Å². The second-order valence-electron chi connectivity index (χ2n) is 5.67. The molecule has 4 nitrogen and oxygen atoms in total. The van der Waals surface area contributed by atoms with Crippen LogP contribution < -0.4 is 10.6 Å². The van der Waals surface area contributed by atoms with Gasteiger partial charge in [0.2, 0.25) is 5.91 Å². The third-order valence-electron chi connectivity index (χ3n) is 3.23. The van der Waals surface area contributed by atoms with E-state index in [-0.39, 0.29) is 17.9 Å². The van der Waals surface area contributed by atoms with Crippen molar-refractivity contribution < 1.29 is 9.59 Å². The molecule has 2 aromatic rings. The van der Waals surface area contributed by atoms with Gasteiger partial charge in [-0.2, -0.15) is 0 Å². The summed E-state index contributed by atoms with van der Waals surface area (Å²) in [5.41, 5.74) is 1.78. The number of rotatable bonds is 5. The van der Waals surface area contributed by atoms with Gasteiger partial charge in [-0.25, -0.2) is 0 Å². The molecule has 2 rings (SSSR count). The lowest BCUT2D eigenvalue weighted by Crippen LogP contribution is -2.29. The third-order valence-corrected chi connectivity index (χ3v) is 4.06. The highest BCUT2D eigenvalue weighted by Crippen LogP contribution is 2.26. The molecular formula is C19H18Cl2N2O2.